The monoisotopic (exact) mass is 316 g/mol. The van der Waals surface area contributed by atoms with E-state index in [1.165, 1.54) is 31.7 Å². The number of aromatic nitrogens is 1. The van der Waals surface area contributed by atoms with Crippen molar-refractivity contribution in [1.82, 2.24) is 9.88 Å². The van der Waals surface area contributed by atoms with Crippen molar-refractivity contribution in [3.8, 4) is 6.07 Å². The maximum atomic E-state index is 11.2. The van der Waals surface area contributed by atoms with E-state index in [9.17, 15) is 10.1 Å². The van der Waals surface area contributed by atoms with Crippen LogP contribution in [0, 0.1) is 18.3 Å². The zero-order valence-corrected chi connectivity index (χ0v) is 14.0. The Kier molecular flexibility index (Phi) is 5.56. The average molecular weight is 316 g/mol. The summed E-state index contributed by atoms with van der Waals surface area (Å²) in [5.74, 6) is -0.503. The van der Waals surface area contributed by atoms with Gasteiger partial charge in [0.1, 0.15) is 11.9 Å². The summed E-state index contributed by atoms with van der Waals surface area (Å²) in [7, 11) is 4.03. The molecule has 6 nitrogen and oxygen atoms in total. The van der Waals surface area contributed by atoms with E-state index < -0.39 is 5.97 Å². The molecule has 1 saturated carbocycles. The van der Waals surface area contributed by atoms with Gasteiger partial charge in [0.15, 0.2) is 0 Å². The molecule has 2 rings (SSSR count). The van der Waals surface area contributed by atoms with Crippen LogP contribution >= 0.6 is 0 Å². The minimum absolute atomic E-state index is 0.0850. The molecule has 0 unspecified atom stereocenters. The molecule has 0 bridgehead atoms. The lowest BCUT2D eigenvalue weighted by Crippen LogP contribution is -2.36. The smallest absolute Gasteiger partial charge is 0.337 e. The van der Waals surface area contributed by atoms with Gasteiger partial charge in [-0.05, 0) is 32.9 Å². The first kappa shape index (κ1) is 17.2. The minimum Gasteiger partial charge on any atom is -0.478 e. The number of nitrogens with zero attached hydrogens (tertiary/aromatic N) is 4. The van der Waals surface area contributed by atoms with Crippen molar-refractivity contribution in [3.05, 3.63) is 22.9 Å². The molecule has 1 heterocycles. The molecule has 0 aliphatic heterocycles. The van der Waals surface area contributed by atoms with Gasteiger partial charge < -0.3 is 14.9 Å². The normalized spacial score (nSPS) is 14.9. The number of hydrogen-bond acceptors (Lipinski definition) is 5. The van der Waals surface area contributed by atoms with Crippen molar-refractivity contribution >= 4 is 11.8 Å². The summed E-state index contributed by atoms with van der Waals surface area (Å²) in [6, 6.07) is 4.13. The van der Waals surface area contributed by atoms with E-state index in [1.54, 1.807) is 6.92 Å². The largest absolute Gasteiger partial charge is 0.478 e. The summed E-state index contributed by atoms with van der Waals surface area (Å²) in [6.07, 6.45) is 5.13. The Hall–Kier alpha value is -2.13. The summed E-state index contributed by atoms with van der Waals surface area (Å²) < 4.78 is 0. The molecule has 0 spiro atoms. The SMILES string of the molecule is Cc1nc(N(C)CCN(C)C2CCCC2)c(C#N)cc1C(=O)O. The van der Waals surface area contributed by atoms with E-state index in [-0.39, 0.29) is 5.56 Å². The molecule has 0 saturated heterocycles. The minimum atomic E-state index is -1.05. The highest BCUT2D eigenvalue weighted by Crippen LogP contribution is 2.23. The number of carboxylic acid groups (broad SMARTS) is 1. The molecule has 0 aromatic carbocycles. The molecule has 124 valence electrons. The number of anilines is 1. The fourth-order valence-corrected chi connectivity index (χ4v) is 3.12. The highest BCUT2D eigenvalue weighted by atomic mass is 16.4. The molecule has 1 N–H and O–H groups in total. The summed E-state index contributed by atoms with van der Waals surface area (Å²) >= 11 is 0. The van der Waals surface area contributed by atoms with E-state index in [0.717, 1.165) is 13.1 Å². The number of hydrogen-bond donors (Lipinski definition) is 1. The van der Waals surface area contributed by atoms with Gasteiger partial charge in [0.25, 0.3) is 0 Å². The van der Waals surface area contributed by atoms with Gasteiger partial charge in [-0.25, -0.2) is 9.78 Å². The number of rotatable bonds is 6. The first-order chi connectivity index (χ1) is 10.9. The predicted octanol–water partition coefficient (Wildman–Crippen LogP) is 2.27. The van der Waals surface area contributed by atoms with Crippen molar-refractivity contribution in [1.29, 1.82) is 5.26 Å². The molecule has 23 heavy (non-hydrogen) atoms. The molecule has 1 fully saturated rings. The van der Waals surface area contributed by atoms with Crippen molar-refractivity contribution in [2.45, 2.75) is 38.6 Å². The fraction of sp³-hybridized carbons (Fsp3) is 0.588. The maximum Gasteiger partial charge on any atom is 0.337 e. The molecule has 0 atom stereocenters. The summed E-state index contributed by atoms with van der Waals surface area (Å²) in [4.78, 5) is 19.8. The lowest BCUT2D eigenvalue weighted by molar-refractivity contribution is 0.0695. The number of carboxylic acids is 1. The van der Waals surface area contributed by atoms with Crippen LogP contribution < -0.4 is 4.90 Å². The topological polar surface area (TPSA) is 80.5 Å². The third-order valence-electron chi connectivity index (χ3n) is 4.64. The van der Waals surface area contributed by atoms with Crippen LogP contribution in [0.2, 0.25) is 0 Å². The van der Waals surface area contributed by atoms with E-state index >= 15 is 0 Å². The van der Waals surface area contributed by atoms with E-state index in [1.807, 2.05) is 11.9 Å². The highest BCUT2D eigenvalue weighted by molar-refractivity contribution is 5.89. The number of likely N-dealkylation sites (N-methyl/N-ethyl adjacent to an activating group) is 2. The van der Waals surface area contributed by atoms with Gasteiger partial charge in [0.05, 0.1) is 16.8 Å². The number of pyridine rings is 1. The summed E-state index contributed by atoms with van der Waals surface area (Å²) in [5, 5.41) is 18.4. The molecule has 0 radical (unpaired) electrons. The van der Waals surface area contributed by atoms with Crippen LogP contribution in [-0.4, -0.2) is 54.2 Å². The Morgan fingerprint density at radius 1 is 1.39 bits per heavy atom. The zero-order valence-electron chi connectivity index (χ0n) is 14.0. The third-order valence-corrected chi connectivity index (χ3v) is 4.64. The second-order valence-electron chi connectivity index (χ2n) is 6.25. The lowest BCUT2D eigenvalue weighted by Gasteiger charge is -2.27. The molecule has 1 aromatic heterocycles. The molecule has 1 aliphatic rings. The van der Waals surface area contributed by atoms with Gasteiger partial charge >= 0.3 is 5.97 Å². The molecular formula is C17H24N4O2. The van der Waals surface area contributed by atoms with Crippen LogP contribution in [0.25, 0.3) is 0 Å². The number of aromatic carboxylic acids is 1. The first-order valence-electron chi connectivity index (χ1n) is 8.00. The second kappa shape index (κ2) is 7.42. The summed E-state index contributed by atoms with van der Waals surface area (Å²) in [6.45, 7) is 3.31. The van der Waals surface area contributed by atoms with Crippen molar-refractivity contribution in [2.24, 2.45) is 0 Å². The number of nitriles is 1. The van der Waals surface area contributed by atoms with Crippen LogP contribution in [0.4, 0.5) is 5.82 Å². The van der Waals surface area contributed by atoms with Crippen LogP contribution in [-0.2, 0) is 0 Å². The Bertz CT molecular complexity index is 618. The number of carbonyl (C=O) groups is 1. The Morgan fingerprint density at radius 2 is 2.04 bits per heavy atom. The molecule has 0 amide bonds. The highest BCUT2D eigenvalue weighted by Gasteiger charge is 2.21. The third kappa shape index (κ3) is 3.99. The fourth-order valence-electron chi connectivity index (χ4n) is 3.12. The van der Waals surface area contributed by atoms with Crippen LogP contribution in [0.5, 0.6) is 0 Å². The van der Waals surface area contributed by atoms with Crippen LogP contribution in [0.3, 0.4) is 0 Å². The zero-order chi connectivity index (χ0) is 17.0. The van der Waals surface area contributed by atoms with Gasteiger partial charge in [-0.15, -0.1) is 0 Å². The maximum absolute atomic E-state index is 11.2. The average Bonchev–Trinajstić information content (AvgIpc) is 3.06. The van der Waals surface area contributed by atoms with E-state index in [0.29, 0.717) is 23.1 Å². The predicted molar refractivity (Wildman–Crippen MR) is 88.8 cm³/mol. The van der Waals surface area contributed by atoms with Gasteiger partial charge in [0, 0.05) is 26.2 Å². The molecule has 1 aliphatic carbocycles. The Balaban J connectivity index is 2.09. The molecular weight excluding hydrogens is 292 g/mol. The van der Waals surface area contributed by atoms with E-state index in [4.69, 9.17) is 5.11 Å². The first-order valence-corrected chi connectivity index (χ1v) is 8.00. The van der Waals surface area contributed by atoms with Gasteiger partial charge in [-0.2, -0.15) is 5.26 Å². The molecule has 6 heteroatoms. The number of aryl methyl sites for hydroxylation is 1. The van der Waals surface area contributed by atoms with Crippen molar-refractivity contribution in [3.63, 3.8) is 0 Å². The van der Waals surface area contributed by atoms with Crippen molar-refractivity contribution in [2.75, 3.05) is 32.1 Å². The van der Waals surface area contributed by atoms with Gasteiger partial charge in [-0.3, -0.25) is 0 Å². The van der Waals surface area contributed by atoms with Gasteiger partial charge in [-0.1, -0.05) is 12.8 Å². The second-order valence-corrected chi connectivity index (χ2v) is 6.25. The standard InChI is InChI=1S/C17H24N4O2/c1-12-15(17(22)23)10-13(11-18)16(19-12)21(3)9-8-20(2)14-6-4-5-7-14/h10,14H,4-9H2,1-3H3,(H,22,23). The lowest BCUT2D eigenvalue weighted by atomic mass is 10.1. The Labute approximate surface area is 137 Å². The quantitative estimate of drug-likeness (QED) is 0.867. The van der Waals surface area contributed by atoms with Crippen LogP contribution in [0.1, 0.15) is 47.3 Å². The van der Waals surface area contributed by atoms with Crippen molar-refractivity contribution < 1.29 is 9.90 Å². The van der Waals surface area contributed by atoms with E-state index in [2.05, 4.69) is 23.0 Å². The van der Waals surface area contributed by atoms with Gasteiger partial charge in [0.2, 0.25) is 0 Å². The van der Waals surface area contributed by atoms with Crippen LogP contribution in [0.15, 0.2) is 6.07 Å². The molecule has 1 aromatic rings. The Morgan fingerprint density at radius 3 is 2.61 bits per heavy atom. The summed E-state index contributed by atoms with van der Waals surface area (Å²) in [5.41, 5.74) is 0.822.